The van der Waals surface area contributed by atoms with Gasteiger partial charge in [0.05, 0.1) is 0 Å². The van der Waals surface area contributed by atoms with E-state index in [9.17, 15) is 4.79 Å². The third-order valence-electron chi connectivity index (χ3n) is 4.67. The van der Waals surface area contributed by atoms with Gasteiger partial charge in [-0.25, -0.2) is 0 Å². The summed E-state index contributed by atoms with van der Waals surface area (Å²) in [6.45, 7) is 1.73. The van der Waals surface area contributed by atoms with E-state index in [0.717, 1.165) is 37.9 Å². The summed E-state index contributed by atoms with van der Waals surface area (Å²) in [5.41, 5.74) is 8.19. The van der Waals surface area contributed by atoms with Crippen molar-refractivity contribution in [2.75, 3.05) is 13.1 Å². The molecule has 2 unspecified atom stereocenters. The highest BCUT2D eigenvalue weighted by atomic mass is 16.2. The second-order valence-electron chi connectivity index (χ2n) is 5.84. The molecular weight excluding hydrogens is 236 g/mol. The zero-order chi connectivity index (χ0) is 13.2. The van der Waals surface area contributed by atoms with Crippen LogP contribution in [0, 0.1) is 5.92 Å². The van der Waals surface area contributed by atoms with Crippen LogP contribution in [0.5, 0.6) is 0 Å². The van der Waals surface area contributed by atoms with E-state index in [0.29, 0.717) is 12.0 Å². The fourth-order valence-electron chi connectivity index (χ4n) is 3.43. The number of fused-ring (bicyclic) bond motifs is 1. The molecule has 1 aromatic rings. The quantitative estimate of drug-likeness (QED) is 0.903. The zero-order valence-corrected chi connectivity index (χ0v) is 11.3. The lowest BCUT2D eigenvalue weighted by Crippen LogP contribution is -2.39. The van der Waals surface area contributed by atoms with Crippen molar-refractivity contribution in [1.29, 1.82) is 0 Å². The minimum atomic E-state index is 0.202. The molecular formula is C16H22N2O. The summed E-state index contributed by atoms with van der Waals surface area (Å²) in [5, 5.41) is 0. The van der Waals surface area contributed by atoms with Crippen LogP contribution in [0.25, 0.3) is 0 Å². The number of benzene rings is 1. The Bertz CT molecular complexity index is 472. The molecule has 0 bridgehead atoms. The van der Waals surface area contributed by atoms with Crippen molar-refractivity contribution in [1.82, 2.24) is 4.90 Å². The molecule has 1 fully saturated rings. The van der Waals surface area contributed by atoms with Crippen LogP contribution in [0.15, 0.2) is 24.3 Å². The lowest BCUT2D eigenvalue weighted by atomic mass is 9.96. The fourth-order valence-corrected chi connectivity index (χ4v) is 3.43. The third kappa shape index (κ3) is 2.52. The Morgan fingerprint density at radius 2 is 2.11 bits per heavy atom. The average molecular weight is 258 g/mol. The summed E-state index contributed by atoms with van der Waals surface area (Å²) in [6.07, 6.45) is 5.69. The molecule has 2 atom stereocenters. The van der Waals surface area contributed by atoms with Gasteiger partial charge in [0.1, 0.15) is 0 Å². The third-order valence-corrected chi connectivity index (χ3v) is 4.67. The highest BCUT2D eigenvalue weighted by molar-refractivity contribution is 5.96. The second kappa shape index (κ2) is 5.33. The first-order valence-corrected chi connectivity index (χ1v) is 7.38. The van der Waals surface area contributed by atoms with Gasteiger partial charge in [0.2, 0.25) is 0 Å². The predicted molar refractivity (Wildman–Crippen MR) is 76.0 cm³/mol. The van der Waals surface area contributed by atoms with Crippen LogP contribution in [0.3, 0.4) is 0 Å². The Morgan fingerprint density at radius 1 is 1.26 bits per heavy atom. The van der Waals surface area contributed by atoms with E-state index >= 15 is 0 Å². The van der Waals surface area contributed by atoms with E-state index in [4.69, 9.17) is 5.73 Å². The normalized spacial score (nSPS) is 26.6. The van der Waals surface area contributed by atoms with Crippen molar-refractivity contribution in [3.63, 3.8) is 0 Å². The molecule has 1 aromatic carbocycles. The van der Waals surface area contributed by atoms with Gasteiger partial charge in [0.25, 0.3) is 5.91 Å². The van der Waals surface area contributed by atoms with Gasteiger partial charge in [-0.15, -0.1) is 0 Å². The molecule has 1 heterocycles. The van der Waals surface area contributed by atoms with Crippen LogP contribution in [0.1, 0.15) is 41.6 Å². The maximum atomic E-state index is 12.4. The number of carbonyl (C=O) groups excluding carboxylic acids is 1. The van der Waals surface area contributed by atoms with E-state index in [1.807, 2.05) is 23.1 Å². The van der Waals surface area contributed by atoms with Crippen molar-refractivity contribution in [2.24, 2.45) is 11.7 Å². The summed E-state index contributed by atoms with van der Waals surface area (Å²) in [4.78, 5) is 14.4. The summed E-state index contributed by atoms with van der Waals surface area (Å²) < 4.78 is 0. The Labute approximate surface area is 114 Å². The number of nitrogens with zero attached hydrogens (tertiary/aromatic N) is 1. The molecule has 0 radical (unpaired) electrons. The highest BCUT2D eigenvalue weighted by Gasteiger charge is 2.27. The zero-order valence-electron chi connectivity index (χ0n) is 11.3. The van der Waals surface area contributed by atoms with Gasteiger partial charge in [0, 0.05) is 24.7 Å². The van der Waals surface area contributed by atoms with Gasteiger partial charge in [-0.05, 0) is 43.2 Å². The molecule has 2 aliphatic rings. The molecule has 1 amide bonds. The highest BCUT2D eigenvalue weighted by Crippen LogP contribution is 2.28. The summed E-state index contributed by atoms with van der Waals surface area (Å²) in [5.74, 6) is 0.818. The lowest BCUT2D eigenvalue weighted by molar-refractivity contribution is 0.0729. The van der Waals surface area contributed by atoms with Crippen LogP contribution in [0.4, 0.5) is 0 Å². The first-order chi connectivity index (χ1) is 9.25. The first-order valence-electron chi connectivity index (χ1n) is 7.38. The monoisotopic (exact) mass is 258 g/mol. The fraction of sp³-hybridized carbons (Fsp3) is 0.562. The van der Waals surface area contributed by atoms with Crippen molar-refractivity contribution < 1.29 is 4.79 Å². The molecule has 2 N–H and O–H groups in total. The van der Waals surface area contributed by atoms with E-state index in [1.54, 1.807) is 0 Å². The Hall–Kier alpha value is -1.35. The van der Waals surface area contributed by atoms with E-state index in [1.165, 1.54) is 18.4 Å². The summed E-state index contributed by atoms with van der Waals surface area (Å²) >= 11 is 0. The van der Waals surface area contributed by atoms with Gasteiger partial charge >= 0.3 is 0 Å². The smallest absolute Gasteiger partial charge is 0.254 e. The molecule has 3 heteroatoms. The number of nitrogens with two attached hydrogens (primary N) is 1. The predicted octanol–water partition coefficient (Wildman–Crippen LogP) is 2.20. The molecule has 1 aliphatic heterocycles. The maximum Gasteiger partial charge on any atom is 0.254 e. The molecule has 0 aromatic heterocycles. The Morgan fingerprint density at radius 3 is 2.89 bits per heavy atom. The van der Waals surface area contributed by atoms with Gasteiger partial charge in [0.15, 0.2) is 0 Å². The number of carbonyl (C=O) groups is 1. The minimum absolute atomic E-state index is 0.202. The molecule has 3 nitrogen and oxygen atoms in total. The van der Waals surface area contributed by atoms with Crippen molar-refractivity contribution in [3.05, 3.63) is 35.4 Å². The van der Waals surface area contributed by atoms with Crippen molar-refractivity contribution in [3.8, 4) is 0 Å². The van der Waals surface area contributed by atoms with Crippen LogP contribution in [-0.4, -0.2) is 29.9 Å². The Balaban J connectivity index is 1.63. The Kier molecular flexibility index (Phi) is 3.56. The van der Waals surface area contributed by atoms with Gasteiger partial charge in [-0.2, -0.15) is 0 Å². The molecule has 1 saturated carbocycles. The molecule has 0 saturated heterocycles. The van der Waals surface area contributed by atoms with Crippen LogP contribution in [0.2, 0.25) is 0 Å². The maximum absolute atomic E-state index is 12.4. The van der Waals surface area contributed by atoms with Gasteiger partial charge in [-0.1, -0.05) is 24.6 Å². The molecule has 19 heavy (non-hydrogen) atoms. The number of rotatable bonds is 3. The minimum Gasteiger partial charge on any atom is -0.338 e. The number of amides is 1. The summed E-state index contributed by atoms with van der Waals surface area (Å²) in [6, 6.07) is 8.34. The lowest BCUT2D eigenvalue weighted by Gasteiger charge is -2.30. The van der Waals surface area contributed by atoms with E-state index in [-0.39, 0.29) is 5.91 Å². The number of hydrogen-bond acceptors (Lipinski definition) is 2. The van der Waals surface area contributed by atoms with Gasteiger partial charge < -0.3 is 10.6 Å². The van der Waals surface area contributed by atoms with Crippen LogP contribution < -0.4 is 5.73 Å². The van der Waals surface area contributed by atoms with E-state index in [2.05, 4.69) is 6.07 Å². The SMILES string of the molecule is NC1CCCC1CCN1CCc2ccccc2C1=O. The van der Waals surface area contributed by atoms with Crippen molar-refractivity contribution >= 4 is 5.91 Å². The topological polar surface area (TPSA) is 46.3 Å². The number of hydrogen-bond donors (Lipinski definition) is 1. The first kappa shape index (κ1) is 12.7. The van der Waals surface area contributed by atoms with Crippen LogP contribution >= 0.6 is 0 Å². The van der Waals surface area contributed by atoms with Crippen LogP contribution in [-0.2, 0) is 6.42 Å². The van der Waals surface area contributed by atoms with Crippen molar-refractivity contribution in [2.45, 2.75) is 38.1 Å². The van der Waals surface area contributed by atoms with Gasteiger partial charge in [-0.3, -0.25) is 4.79 Å². The van der Waals surface area contributed by atoms with E-state index < -0.39 is 0 Å². The molecule has 102 valence electrons. The molecule has 1 aliphatic carbocycles. The summed E-state index contributed by atoms with van der Waals surface area (Å²) in [7, 11) is 0. The second-order valence-corrected chi connectivity index (χ2v) is 5.84. The molecule has 0 spiro atoms. The largest absolute Gasteiger partial charge is 0.338 e. The molecule has 3 rings (SSSR count). The standard InChI is InChI=1S/C16H22N2O/c17-15-7-3-5-13(15)9-11-18-10-8-12-4-1-2-6-14(12)16(18)19/h1-2,4,6,13,15H,3,5,7-11,17H2. The average Bonchev–Trinajstić information content (AvgIpc) is 2.84.